The number of carbonyl (C=O) groups is 1. The molecule has 0 aliphatic heterocycles. The number of hydrogen-bond donors (Lipinski definition) is 2. The molecular weight excluding hydrogens is 330 g/mol. The molecule has 0 saturated heterocycles. The number of anilines is 1. The third-order valence-corrected chi connectivity index (χ3v) is 3.72. The first-order valence-corrected chi connectivity index (χ1v) is 7.83. The second-order valence-corrected chi connectivity index (χ2v) is 5.36. The topological polar surface area (TPSA) is 109 Å². The van der Waals surface area contributed by atoms with Gasteiger partial charge in [0.1, 0.15) is 5.75 Å². The maximum Gasteiger partial charge on any atom is 0.411 e. The van der Waals surface area contributed by atoms with Crippen LogP contribution in [0.1, 0.15) is 6.92 Å². The number of phenolic OH excluding ortho intramolecular Hbond substituents is 1. The summed E-state index contributed by atoms with van der Waals surface area (Å²) in [6, 6.07) is 8.17. The Morgan fingerprint density at radius 2 is 2.25 bits per heavy atom. The molecule has 0 aliphatic carbocycles. The lowest BCUT2D eigenvalue weighted by Gasteiger charge is -2.07. The van der Waals surface area contributed by atoms with Gasteiger partial charge >= 0.3 is 6.09 Å². The molecule has 0 spiro atoms. The van der Waals surface area contributed by atoms with E-state index in [0.717, 1.165) is 5.39 Å². The number of azo groups is 1. The Kier molecular flexibility index (Phi) is 4.62. The molecule has 3 aromatic rings. The quantitative estimate of drug-likeness (QED) is 0.539. The fraction of sp³-hybridized carbons (Fsp3) is 0.133. The maximum absolute atomic E-state index is 11.5. The van der Waals surface area contributed by atoms with Gasteiger partial charge in [0.15, 0.2) is 10.6 Å². The van der Waals surface area contributed by atoms with Crippen LogP contribution >= 0.6 is 11.5 Å². The number of rotatable bonds is 4. The van der Waals surface area contributed by atoms with Crippen LogP contribution in [0.5, 0.6) is 5.75 Å². The van der Waals surface area contributed by atoms with Crippen molar-refractivity contribution in [2.45, 2.75) is 6.92 Å². The number of nitrogens with one attached hydrogen (secondary N) is 1. The first-order valence-electron chi connectivity index (χ1n) is 7.06. The largest absolute Gasteiger partial charge is 0.506 e. The lowest BCUT2D eigenvalue weighted by Crippen LogP contribution is -2.13. The summed E-state index contributed by atoms with van der Waals surface area (Å²) in [5.74, 6) is -0.0885. The molecule has 0 unspecified atom stereocenters. The smallest absolute Gasteiger partial charge is 0.411 e. The van der Waals surface area contributed by atoms with E-state index in [-0.39, 0.29) is 18.0 Å². The highest BCUT2D eigenvalue weighted by atomic mass is 32.1. The number of benzene rings is 1. The highest BCUT2D eigenvalue weighted by molar-refractivity contribution is 7.11. The number of phenols is 1. The SMILES string of the molecule is CCOC(=O)Nc1cc(N=Nc2snc3ncccc23)ccc1O. The molecular formula is C15H13N5O3S. The summed E-state index contributed by atoms with van der Waals surface area (Å²) in [5, 5.41) is 22.0. The average molecular weight is 343 g/mol. The minimum atomic E-state index is -0.651. The number of fused-ring (bicyclic) bond motifs is 1. The van der Waals surface area contributed by atoms with Crippen LogP contribution in [0.15, 0.2) is 46.8 Å². The van der Waals surface area contributed by atoms with Gasteiger partial charge in [-0.3, -0.25) is 5.32 Å². The molecule has 2 N–H and O–H groups in total. The summed E-state index contributed by atoms with van der Waals surface area (Å²) in [7, 11) is 0. The molecule has 0 bridgehead atoms. The molecule has 1 amide bonds. The van der Waals surface area contributed by atoms with E-state index in [0.29, 0.717) is 16.3 Å². The zero-order valence-corrected chi connectivity index (χ0v) is 13.4. The molecule has 2 heterocycles. The molecule has 0 atom stereocenters. The predicted octanol–water partition coefficient (Wildman–Crippen LogP) is 4.38. The van der Waals surface area contributed by atoms with Crippen LogP contribution in [0, 0.1) is 0 Å². The zero-order valence-electron chi connectivity index (χ0n) is 12.6. The van der Waals surface area contributed by atoms with Crippen LogP contribution in [0.2, 0.25) is 0 Å². The number of ether oxygens (including phenoxy) is 1. The number of carbonyl (C=O) groups excluding carboxylic acids is 1. The van der Waals surface area contributed by atoms with Gasteiger partial charge in [0.05, 0.1) is 23.4 Å². The van der Waals surface area contributed by atoms with Crippen molar-refractivity contribution in [3.63, 3.8) is 0 Å². The van der Waals surface area contributed by atoms with Crippen molar-refractivity contribution in [1.82, 2.24) is 9.36 Å². The Hall–Kier alpha value is -3.07. The van der Waals surface area contributed by atoms with Crippen molar-refractivity contribution in [3.8, 4) is 5.75 Å². The molecule has 2 aromatic heterocycles. The van der Waals surface area contributed by atoms with Crippen molar-refractivity contribution in [1.29, 1.82) is 0 Å². The van der Waals surface area contributed by atoms with Crippen LogP contribution in [0.4, 0.5) is 21.2 Å². The van der Waals surface area contributed by atoms with Crippen molar-refractivity contribution < 1.29 is 14.6 Å². The summed E-state index contributed by atoms with van der Waals surface area (Å²) in [6.45, 7) is 1.93. The van der Waals surface area contributed by atoms with E-state index < -0.39 is 6.09 Å². The van der Waals surface area contributed by atoms with Crippen LogP contribution in [-0.2, 0) is 4.74 Å². The minimum Gasteiger partial charge on any atom is -0.506 e. The highest BCUT2D eigenvalue weighted by Gasteiger charge is 2.09. The van der Waals surface area contributed by atoms with Crippen molar-refractivity contribution >= 4 is 45.0 Å². The van der Waals surface area contributed by atoms with E-state index in [4.69, 9.17) is 4.74 Å². The second-order valence-electron chi connectivity index (χ2n) is 4.61. The van der Waals surface area contributed by atoms with Crippen molar-refractivity contribution in [2.24, 2.45) is 10.2 Å². The second kappa shape index (κ2) is 7.01. The lowest BCUT2D eigenvalue weighted by molar-refractivity contribution is 0.168. The first-order chi connectivity index (χ1) is 11.7. The van der Waals surface area contributed by atoms with E-state index in [1.54, 1.807) is 25.3 Å². The van der Waals surface area contributed by atoms with E-state index in [1.165, 1.54) is 23.7 Å². The Balaban J connectivity index is 1.83. The number of nitrogens with zero attached hydrogens (tertiary/aromatic N) is 4. The number of pyridine rings is 1. The third kappa shape index (κ3) is 3.46. The highest BCUT2D eigenvalue weighted by Crippen LogP contribution is 2.32. The summed E-state index contributed by atoms with van der Waals surface area (Å²) in [4.78, 5) is 15.6. The van der Waals surface area contributed by atoms with Gasteiger partial charge in [0.25, 0.3) is 0 Å². The van der Waals surface area contributed by atoms with E-state index >= 15 is 0 Å². The van der Waals surface area contributed by atoms with Gasteiger partial charge < -0.3 is 9.84 Å². The van der Waals surface area contributed by atoms with Crippen LogP contribution in [0.3, 0.4) is 0 Å². The molecule has 1 aromatic carbocycles. The molecule has 24 heavy (non-hydrogen) atoms. The Labute approximate surface area is 141 Å². The first kappa shape index (κ1) is 15.8. The van der Waals surface area contributed by atoms with E-state index in [9.17, 15) is 9.90 Å². The summed E-state index contributed by atoms with van der Waals surface area (Å²) in [6.07, 6.45) is 1.01. The standard InChI is InChI=1S/C15H13N5O3S/c1-2-23-15(22)17-11-8-9(5-6-12(11)21)18-19-14-10-4-3-7-16-13(10)20-24-14/h3-8,21H,2H2,1H3,(H,17,22). The van der Waals surface area contributed by atoms with Crippen LogP contribution in [0.25, 0.3) is 11.0 Å². The third-order valence-electron chi connectivity index (χ3n) is 2.98. The fourth-order valence-electron chi connectivity index (χ4n) is 1.91. The normalized spacial score (nSPS) is 11.0. The Morgan fingerprint density at radius 3 is 3.08 bits per heavy atom. The van der Waals surface area contributed by atoms with Gasteiger partial charge in [0.2, 0.25) is 0 Å². The summed E-state index contributed by atoms with van der Waals surface area (Å²) in [5.41, 5.74) is 1.28. The van der Waals surface area contributed by atoms with Gasteiger partial charge in [-0.1, -0.05) is 0 Å². The predicted molar refractivity (Wildman–Crippen MR) is 90.3 cm³/mol. The van der Waals surface area contributed by atoms with Gasteiger partial charge in [-0.2, -0.15) is 4.37 Å². The molecule has 0 aliphatic rings. The van der Waals surface area contributed by atoms with Gasteiger partial charge in [-0.05, 0) is 48.8 Å². The average Bonchev–Trinajstić information content (AvgIpc) is 2.99. The minimum absolute atomic E-state index is 0.0885. The van der Waals surface area contributed by atoms with E-state index in [2.05, 4.69) is 24.9 Å². The van der Waals surface area contributed by atoms with Crippen LogP contribution < -0.4 is 5.32 Å². The summed E-state index contributed by atoms with van der Waals surface area (Å²) < 4.78 is 8.96. The Bertz CT molecular complexity index is 909. The Morgan fingerprint density at radius 1 is 1.38 bits per heavy atom. The molecule has 122 valence electrons. The zero-order chi connectivity index (χ0) is 16.9. The molecule has 0 saturated carbocycles. The van der Waals surface area contributed by atoms with Crippen molar-refractivity contribution in [3.05, 3.63) is 36.5 Å². The lowest BCUT2D eigenvalue weighted by atomic mass is 10.2. The van der Waals surface area contributed by atoms with Gasteiger partial charge in [-0.15, -0.1) is 10.2 Å². The molecule has 0 radical (unpaired) electrons. The van der Waals surface area contributed by atoms with Gasteiger partial charge in [0, 0.05) is 6.20 Å². The molecule has 3 rings (SSSR count). The van der Waals surface area contributed by atoms with Crippen molar-refractivity contribution in [2.75, 3.05) is 11.9 Å². The molecule has 0 fully saturated rings. The molecule has 8 nitrogen and oxygen atoms in total. The number of hydrogen-bond acceptors (Lipinski definition) is 8. The monoisotopic (exact) mass is 343 g/mol. The number of aromatic hydroxyl groups is 1. The number of aromatic nitrogens is 2. The summed E-state index contributed by atoms with van der Waals surface area (Å²) >= 11 is 1.19. The van der Waals surface area contributed by atoms with E-state index in [1.807, 2.05) is 6.07 Å². The fourth-order valence-corrected chi connectivity index (χ4v) is 2.56. The van der Waals surface area contributed by atoms with Crippen LogP contribution in [-0.4, -0.2) is 27.2 Å². The maximum atomic E-state index is 11.5. The van der Waals surface area contributed by atoms with Gasteiger partial charge in [-0.25, -0.2) is 9.78 Å². The molecule has 9 heteroatoms. The number of amides is 1.